The van der Waals surface area contributed by atoms with Gasteiger partial charge in [0.2, 0.25) is 0 Å². The molecule has 4 nitrogen and oxygen atoms in total. The maximum Gasteiger partial charge on any atom is 0.302 e. The number of benzene rings is 2. The van der Waals surface area contributed by atoms with E-state index in [-0.39, 0.29) is 24.3 Å². The molecule has 2 aromatic carbocycles. The maximum atomic E-state index is 11.4. The molecule has 3 rings (SSSR count). The summed E-state index contributed by atoms with van der Waals surface area (Å²) in [7, 11) is 0. The van der Waals surface area contributed by atoms with Crippen LogP contribution in [-0.4, -0.2) is 24.8 Å². The van der Waals surface area contributed by atoms with E-state index in [1.54, 1.807) is 0 Å². The Morgan fingerprint density at radius 1 is 1.13 bits per heavy atom. The molecule has 1 saturated heterocycles. The number of rotatable bonds is 7. The molecule has 0 saturated carbocycles. The van der Waals surface area contributed by atoms with E-state index >= 15 is 0 Å². The van der Waals surface area contributed by atoms with Crippen LogP contribution in [0.15, 0.2) is 55.6 Å². The third-order valence-electron chi connectivity index (χ3n) is 5.22. The lowest BCUT2D eigenvalue weighted by molar-refractivity contribution is -0.160. The van der Waals surface area contributed by atoms with Crippen LogP contribution in [0.4, 0.5) is 0 Å². The molecule has 1 aliphatic heterocycles. The van der Waals surface area contributed by atoms with Gasteiger partial charge in [-0.1, -0.05) is 42.8 Å². The van der Waals surface area contributed by atoms with Gasteiger partial charge in [-0.05, 0) is 54.7 Å². The van der Waals surface area contributed by atoms with Gasteiger partial charge >= 0.3 is 5.97 Å². The van der Waals surface area contributed by atoms with Crippen molar-refractivity contribution in [1.82, 2.24) is 0 Å². The van der Waals surface area contributed by atoms with E-state index in [0.717, 1.165) is 41.2 Å². The second-order valence-corrected chi connectivity index (χ2v) is 7.87. The fraction of sp³-hybridized carbons (Fsp3) is 0.423. The Balaban J connectivity index is 0.00000166. The summed E-state index contributed by atoms with van der Waals surface area (Å²) >= 11 is 6.48. The van der Waals surface area contributed by atoms with E-state index in [0.29, 0.717) is 13.0 Å². The molecule has 0 radical (unpaired) electrons. The molecule has 168 valence electrons. The summed E-state index contributed by atoms with van der Waals surface area (Å²) < 4.78 is 17.3. The normalized spacial score (nSPS) is 20.3. The van der Waals surface area contributed by atoms with Crippen molar-refractivity contribution >= 4 is 17.6 Å². The summed E-state index contributed by atoms with van der Waals surface area (Å²) in [5.41, 5.74) is 3.30. The first kappa shape index (κ1) is 25.0. The predicted octanol–water partition coefficient (Wildman–Crippen LogP) is 6.69. The van der Waals surface area contributed by atoms with Crippen molar-refractivity contribution in [3.05, 3.63) is 77.3 Å². The zero-order chi connectivity index (χ0) is 22.8. The predicted molar refractivity (Wildman–Crippen MR) is 126 cm³/mol. The summed E-state index contributed by atoms with van der Waals surface area (Å²) in [5.74, 6) is 0.631. The first-order valence-corrected chi connectivity index (χ1v) is 11.2. The van der Waals surface area contributed by atoms with E-state index in [4.69, 9.17) is 25.8 Å². The average Bonchev–Trinajstić information content (AvgIpc) is 2.77. The number of hydrogen-bond donors (Lipinski definition) is 0. The minimum absolute atomic E-state index is 0.0864. The van der Waals surface area contributed by atoms with Crippen LogP contribution in [0.1, 0.15) is 62.8 Å². The monoisotopic (exact) mass is 444 g/mol. The number of ether oxygens (including phenoxy) is 3. The molecular weight excluding hydrogens is 412 g/mol. The van der Waals surface area contributed by atoms with Gasteiger partial charge in [-0.2, -0.15) is 0 Å². The van der Waals surface area contributed by atoms with Crippen LogP contribution in [0.25, 0.3) is 0 Å². The van der Waals surface area contributed by atoms with Crippen molar-refractivity contribution in [2.75, 3.05) is 6.61 Å². The number of halogens is 1. The largest absolute Gasteiger partial charge is 0.494 e. The summed E-state index contributed by atoms with van der Waals surface area (Å²) in [6.07, 6.45) is 2.91. The van der Waals surface area contributed by atoms with Crippen molar-refractivity contribution in [2.24, 2.45) is 0 Å². The molecule has 1 aliphatic rings. The van der Waals surface area contributed by atoms with Crippen LogP contribution in [0.5, 0.6) is 5.75 Å². The molecule has 0 aromatic heterocycles. The van der Waals surface area contributed by atoms with E-state index in [1.165, 1.54) is 12.5 Å². The average molecular weight is 445 g/mol. The zero-order valence-corrected chi connectivity index (χ0v) is 19.5. The molecule has 3 atom stereocenters. The molecule has 31 heavy (non-hydrogen) atoms. The van der Waals surface area contributed by atoms with Gasteiger partial charge in [-0.25, -0.2) is 0 Å². The lowest BCUT2D eigenvalue weighted by Crippen LogP contribution is -2.33. The molecule has 1 fully saturated rings. The Kier molecular flexibility index (Phi) is 10.1. The fourth-order valence-corrected chi connectivity index (χ4v) is 3.98. The maximum absolute atomic E-state index is 11.4. The Morgan fingerprint density at radius 2 is 1.84 bits per heavy atom. The second kappa shape index (κ2) is 12.5. The highest BCUT2D eigenvalue weighted by atomic mass is 35.5. The molecule has 0 unspecified atom stereocenters. The Bertz CT molecular complexity index is 834. The van der Waals surface area contributed by atoms with Gasteiger partial charge in [0, 0.05) is 24.8 Å². The molecule has 0 bridgehead atoms. The lowest BCUT2D eigenvalue weighted by atomic mass is 9.93. The SMILES string of the molecule is C=C.CCOc1ccc(Cc2cc([C@H]3C[C@@H](OC(C)=O)C[C@@H](CC)O3)ccc2Cl)cc1. The smallest absolute Gasteiger partial charge is 0.302 e. The van der Waals surface area contributed by atoms with Gasteiger partial charge in [-0.15, -0.1) is 13.2 Å². The van der Waals surface area contributed by atoms with Crippen LogP contribution < -0.4 is 4.74 Å². The van der Waals surface area contributed by atoms with Crippen molar-refractivity contribution in [2.45, 2.75) is 64.8 Å². The highest BCUT2D eigenvalue weighted by Crippen LogP contribution is 2.36. The summed E-state index contributed by atoms with van der Waals surface area (Å²) in [6.45, 7) is 12.2. The van der Waals surface area contributed by atoms with Crippen molar-refractivity contribution in [1.29, 1.82) is 0 Å². The molecule has 1 heterocycles. The third-order valence-corrected chi connectivity index (χ3v) is 5.59. The fourth-order valence-electron chi connectivity index (χ4n) is 3.80. The van der Waals surface area contributed by atoms with Crippen molar-refractivity contribution in [3.8, 4) is 5.75 Å². The van der Waals surface area contributed by atoms with Crippen LogP contribution in [0.3, 0.4) is 0 Å². The first-order valence-electron chi connectivity index (χ1n) is 10.8. The van der Waals surface area contributed by atoms with Gasteiger partial charge in [0.25, 0.3) is 0 Å². The van der Waals surface area contributed by atoms with E-state index in [2.05, 4.69) is 38.3 Å². The number of carbonyl (C=O) groups is 1. The lowest BCUT2D eigenvalue weighted by Gasteiger charge is -2.35. The minimum atomic E-state index is -0.238. The van der Waals surface area contributed by atoms with E-state index in [1.807, 2.05) is 31.2 Å². The molecule has 0 N–H and O–H groups in total. The number of carbonyl (C=O) groups excluding carboxylic acids is 1. The van der Waals surface area contributed by atoms with Gasteiger partial charge in [0.05, 0.1) is 18.8 Å². The highest BCUT2D eigenvalue weighted by molar-refractivity contribution is 6.31. The van der Waals surface area contributed by atoms with Crippen LogP contribution in [0, 0.1) is 0 Å². The summed E-state index contributed by atoms with van der Waals surface area (Å²) in [4.78, 5) is 11.4. The summed E-state index contributed by atoms with van der Waals surface area (Å²) in [6, 6.07) is 14.2. The van der Waals surface area contributed by atoms with Crippen LogP contribution >= 0.6 is 11.6 Å². The molecular formula is C26H33ClO4. The van der Waals surface area contributed by atoms with Crippen molar-refractivity contribution < 1.29 is 19.0 Å². The van der Waals surface area contributed by atoms with Gasteiger partial charge in [0.1, 0.15) is 11.9 Å². The molecule has 5 heteroatoms. The quantitative estimate of drug-likeness (QED) is 0.352. The van der Waals surface area contributed by atoms with Crippen LogP contribution in [-0.2, 0) is 20.7 Å². The van der Waals surface area contributed by atoms with Crippen molar-refractivity contribution in [3.63, 3.8) is 0 Å². The Morgan fingerprint density at radius 3 is 2.45 bits per heavy atom. The topological polar surface area (TPSA) is 44.8 Å². The second-order valence-electron chi connectivity index (χ2n) is 7.46. The van der Waals surface area contributed by atoms with Crippen LogP contribution in [0.2, 0.25) is 5.02 Å². The number of hydrogen-bond acceptors (Lipinski definition) is 4. The van der Waals surface area contributed by atoms with Gasteiger partial charge in [-0.3, -0.25) is 4.79 Å². The Labute approximate surface area is 191 Å². The van der Waals surface area contributed by atoms with E-state index in [9.17, 15) is 4.79 Å². The number of esters is 1. The van der Waals surface area contributed by atoms with Gasteiger partial charge < -0.3 is 14.2 Å². The molecule has 0 aliphatic carbocycles. The minimum Gasteiger partial charge on any atom is -0.494 e. The molecule has 0 spiro atoms. The first-order chi connectivity index (χ1) is 15.0. The zero-order valence-electron chi connectivity index (χ0n) is 18.7. The highest BCUT2D eigenvalue weighted by Gasteiger charge is 2.31. The molecule has 2 aromatic rings. The third kappa shape index (κ3) is 7.41. The standard InChI is InChI=1S/C24H29ClO4.C2H4/c1-4-20-14-22(28-16(3)26)15-24(29-20)18-8-11-23(25)19(13-18)12-17-6-9-21(10-7-17)27-5-2;1-2/h6-11,13,20,22,24H,4-5,12,14-15H2,1-3H3;1-2H2/t20-,22+,24-;/m1./s1. The summed E-state index contributed by atoms with van der Waals surface area (Å²) in [5, 5.41) is 0.738. The molecule has 0 amide bonds. The Hall–Kier alpha value is -2.30. The van der Waals surface area contributed by atoms with E-state index < -0.39 is 0 Å². The van der Waals surface area contributed by atoms with Gasteiger partial charge in [0.15, 0.2) is 0 Å².